The van der Waals surface area contributed by atoms with Crippen molar-refractivity contribution in [1.29, 1.82) is 0 Å². The maximum atomic E-state index is 12.8. The molecule has 168 valence electrons. The summed E-state index contributed by atoms with van der Waals surface area (Å²) >= 11 is 1.21. The van der Waals surface area contributed by atoms with Crippen molar-refractivity contribution in [2.75, 3.05) is 11.1 Å². The number of carbonyl (C=O) groups is 2. The van der Waals surface area contributed by atoms with Crippen LogP contribution in [-0.2, 0) is 26.9 Å². The van der Waals surface area contributed by atoms with Gasteiger partial charge < -0.3 is 9.88 Å². The Morgan fingerprint density at radius 3 is 2.28 bits per heavy atom. The third kappa shape index (κ3) is 5.83. The highest BCUT2D eigenvalue weighted by atomic mass is 32.2. The zero-order chi connectivity index (χ0) is 23.3. The maximum absolute atomic E-state index is 12.8. The lowest BCUT2D eigenvalue weighted by Crippen LogP contribution is -2.12. The molecule has 3 rings (SSSR count). The summed E-state index contributed by atoms with van der Waals surface area (Å²) in [5.74, 6) is -0.0940. The molecule has 1 aromatic heterocycles. The van der Waals surface area contributed by atoms with E-state index >= 15 is 0 Å². The van der Waals surface area contributed by atoms with Crippen LogP contribution in [-0.4, -0.2) is 40.6 Å². The number of carbonyl (C=O) groups excluding carboxylic acids is 2. The molecule has 1 N–H and O–H groups in total. The Balaban J connectivity index is 1.69. The van der Waals surface area contributed by atoms with Gasteiger partial charge in [-0.25, -0.2) is 8.42 Å². The van der Waals surface area contributed by atoms with E-state index in [1.54, 1.807) is 53.1 Å². The van der Waals surface area contributed by atoms with Gasteiger partial charge in [-0.05, 0) is 50.2 Å². The summed E-state index contributed by atoms with van der Waals surface area (Å²) in [5, 5.41) is 11.3. The number of nitrogens with zero attached hydrogens (tertiary/aromatic N) is 3. The molecule has 2 aromatic carbocycles. The van der Waals surface area contributed by atoms with Gasteiger partial charge in [0.15, 0.2) is 20.8 Å². The van der Waals surface area contributed by atoms with Gasteiger partial charge in [0.2, 0.25) is 5.91 Å². The van der Waals surface area contributed by atoms with Crippen LogP contribution in [0.1, 0.15) is 35.6 Å². The van der Waals surface area contributed by atoms with Gasteiger partial charge >= 0.3 is 0 Å². The van der Waals surface area contributed by atoms with Crippen molar-refractivity contribution in [1.82, 2.24) is 14.8 Å². The number of Topliss-reactive ketones (excluding diaryl/α,β-unsaturated/α-hetero) is 1. The number of nitrogens with one attached hydrogen (secondary N) is 1. The van der Waals surface area contributed by atoms with E-state index in [0.717, 1.165) is 5.56 Å². The molecule has 0 saturated heterocycles. The number of amides is 1. The van der Waals surface area contributed by atoms with Crippen LogP contribution in [0.25, 0.3) is 0 Å². The van der Waals surface area contributed by atoms with Crippen molar-refractivity contribution in [3.8, 4) is 0 Å². The lowest BCUT2D eigenvalue weighted by atomic mass is 10.1. The summed E-state index contributed by atoms with van der Waals surface area (Å²) in [7, 11) is -3.57. The first-order valence-electron chi connectivity index (χ1n) is 9.94. The standard InChI is InChI=1S/C22H24N4O4S2/c1-4-26-21(14-32(29,30)19-11-5-15(2)6-12-19)24-25-22(26)31-13-20(28)17-7-9-18(10-8-17)23-16(3)27/h5-12H,4,13-14H2,1-3H3,(H,23,27). The van der Waals surface area contributed by atoms with Crippen LogP contribution in [0.3, 0.4) is 0 Å². The SMILES string of the molecule is CCn1c(CS(=O)(=O)c2ccc(C)cc2)nnc1SCC(=O)c1ccc(NC(C)=O)cc1. The predicted octanol–water partition coefficient (Wildman–Crippen LogP) is 3.51. The molecule has 0 spiro atoms. The number of benzene rings is 2. The molecule has 10 heteroatoms. The lowest BCUT2D eigenvalue weighted by molar-refractivity contribution is -0.114. The van der Waals surface area contributed by atoms with Gasteiger partial charge in [-0.2, -0.15) is 0 Å². The van der Waals surface area contributed by atoms with Gasteiger partial charge in [0.25, 0.3) is 0 Å². The average molecular weight is 473 g/mol. The van der Waals surface area contributed by atoms with Crippen molar-refractivity contribution in [3.05, 3.63) is 65.5 Å². The van der Waals surface area contributed by atoms with Crippen LogP contribution < -0.4 is 5.32 Å². The van der Waals surface area contributed by atoms with Crippen LogP contribution >= 0.6 is 11.8 Å². The molecule has 1 amide bonds. The third-order valence-electron chi connectivity index (χ3n) is 4.67. The fraction of sp³-hybridized carbons (Fsp3) is 0.273. The first-order valence-corrected chi connectivity index (χ1v) is 12.6. The van der Waals surface area contributed by atoms with Crippen LogP contribution in [0.5, 0.6) is 0 Å². The zero-order valence-corrected chi connectivity index (χ0v) is 19.7. The predicted molar refractivity (Wildman–Crippen MR) is 124 cm³/mol. The molecule has 0 bridgehead atoms. The number of hydrogen-bond donors (Lipinski definition) is 1. The smallest absolute Gasteiger partial charge is 0.221 e. The first-order chi connectivity index (χ1) is 15.2. The molecule has 0 aliphatic heterocycles. The highest BCUT2D eigenvalue weighted by Crippen LogP contribution is 2.22. The van der Waals surface area contributed by atoms with E-state index < -0.39 is 9.84 Å². The minimum Gasteiger partial charge on any atom is -0.326 e. The molecule has 0 radical (unpaired) electrons. The van der Waals surface area contributed by atoms with Crippen molar-refractivity contribution in [2.45, 2.75) is 43.1 Å². The molecule has 0 atom stereocenters. The van der Waals surface area contributed by atoms with Crippen LogP contribution in [0.15, 0.2) is 58.6 Å². The van der Waals surface area contributed by atoms with Crippen molar-refractivity contribution in [3.63, 3.8) is 0 Å². The van der Waals surface area contributed by atoms with E-state index in [-0.39, 0.29) is 28.1 Å². The van der Waals surface area contributed by atoms with Gasteiger partial charge in [0.05, 0.1) is 10.6 Å². The summed E-state index contributed by atoms with van der Waals surface area (Å²) in [6.45, 7) is 5.66. The van der Waals surface area contributed by atoms with Crippen LogP contribution in [0.2, 0.25) is 0 Å². The Morgan fingerprint density at radius 1 is 1.03 bits per heavy atom. The Labute approximate surface area is 191 Å². The average Bonchev–Trinajstić information content (AvgIpc) is 3.13. The Kier molecular flexibility index (Phi) is 7.47. The molecule has 0 unspecified atom stereocenters. The summed E-state index contributed by atoms with van der Waals surface area (Å²) < 4.78 is 27.2. The van der Waals surface area contributed by atoms with E-state index in [9.17, 15) is 18.0 Å². The lowest BCUT2D eigenvalue weighted by Gasteiger charge is -2.08. The number of sulfone groups is 1. The van der Waals surface area contributed by atoms with Gasteiger partial charge in [-0.15, -0.1) is 10.2 Å². The molecule has 32 heavy (non-hydrogen) atoms. The summed E-state index contributed by atoms with van der Waals surface area (Å²) in [6, 6.07) is 13.3. The van der Waals surface area contributed by atoms with Crippen molar-refractivity contribution >= 4 is 39.0 Å². The largest absolute Gasteiger partial charge is 0.326 e. The van der Waals surface area contributed by atoms with Crippen LogP contribution in [0, 0.1) is 6.92 Å². The van der Waals surface area contributed by atoms with E-state index in [1.807, 2.05) is 13.8 Å². The highest BCUT2D eigenvalue weighted by Gasteiger charge is 2.21. The van der Waals surface area contributed by atoms with Crippen LogP contribution in [0.4, 0.5) is 5.69 Å². The van der Waals surface area contributed by atoms with E-state index in [2.05, 4.69) is 15.5 Å². The van der Waals surface area contributed by atoms with E-state index in [1.165, 1.54) is 18.7 Å². The molecule has 0 fully saturated rings. The number of rotatable bonds is 9. The summed E-state index contributed by atoms with van der Waals surface area (Å²) in [6.07, 6.45) is 0. The number of thioether (sulfide) groups is 1. The molecule has 0 saturated carbocycles. The number of ketones is 1. The molecule has 3 aromatic rings. The number of anilines is 1. The molecule has 0 aliphatic carbocycles. The summed E-state index contributed by atoms with van der Waals surface area (Å²) in [5.41, 5.74) is 2.11. The minimum absolute atomic E-state index is 0.108. The third-order valence-corrected chi connectivity index (χ3v) is 7.26. The van der Waals surface area contributed by atoms with Gasteiger partial charge in [-0.3, -0.25) is 9.59 Å². The molecule has 1 heterocycles. The van der Waals surface area contributed by atoms with E-state index in [0.29, 0.717) is 28.8 Å². The quantitative estimate of drug-likeness (QED) is 0.375. The number of aromatic nitrogens is 3. The molecular formula is C22H24N4O4S2. The molecule has 8 nitrogen and oxygen atoms in total. The Morgan fingerprint density at radius 2 is 1.69 bits per heavy atom. The molecule has 0 aliphatic rings. The zero-order valence-electron chi connectivity index (χ0n) is 18.0. The Hall–Kier alpha value is -2.98. The second kappa shape index (κ2) is 10.1. The highest BCUT2D eigenvalue weighted by molar-refractivity contribution is 7.99. The maximum Gasteiger partial charge on any atom is 0.221 e. The second-order valence-corrected chi connectivity index (χ2v) is 10.1. The normalized spacial score (nSPS) is 11.3. The van der Waals surface area contributed by atoms with Gasteiger partial charge in [0, 0.05) is 24.7 Å². The second-order valence-electron chi connectivity index (χ2n) is 7.19. The Bertz CT molecular complexity index is 1220. The van der Waals surface area contributed by atoms with E-state index in [4.69, 9.17) is 0 Å². The van der Waals surface area contributed by atoms with Crippen molar-refractivity contribution in [2.24, 2.45) is 0 Å². The first kappa shape index (κ1) is 23.7. The number of hydrogen-bond acceptors (Lipinski definition) is 7. The van der Waals surface area contributed by atoms with Gasteiger partial charge in [0.1, 0.15) is 11.6 Å². The van der Waals surface area contributed by atoms with Gasteiger partial charge in [-0.1, -0.05) is 29.5 Å². The summed E-state index contributed by atoms with van der Waals surface area (Å²) in [4.78, 5) is 23.9. The van der Waals surface area contributed by atoms with Crippen molar-refractivity contribution < 1.29 is 18.0 Å². The monoisotopic (exact) mass is 472 g/mol. The molecular weight excluding hydrogens is 448 g/mol. The topological polar surface area (TPSA) is 111 Å². The fourth-order valence-electron chi connectivity index (χ4n) is 3.01. The fourth-order valence-corrected chi connectivity index (χ4v) is 5.19. The number of aryl methyl sites for hydroxylation is 1. The minimum atomic E-state index is -3.57.